The molecule has 136 valence electrons. The molecule has 0 saturated heterocycles. The molecule has 27 heavy (non-hydrogen) atoms. The van der Waals surface area contributed by atoms with Crippen LogP contribution in [0, 0.1) is 10.1 Å². The van der Waals surface area contributed by atoms with Crippen LogP contribution in [0.3, 0.4) is 0 Å². The molecule has 2 aromatic carbocycles. The minimum atomic E-state index is -0.507. The van der Waals surface area contributed by atoms with Crippen molar-refractivity contribution in [3.05, 3.63) is 69.6 Å². The fourth-order valence-corrected chi connectivity index (χ4v) is 3.18. The number of nitrogens with one attached hydrogen (secondary N) is 1. The molecule has 1 aromatic heterocycles. The number of non-ortho nitro benzene ring substituents is 1. The number of rotatable bonds is 6. The molecule has 0 unspecified atom stereocenters. The highest BCUT2D eigenvalue weighted by Crippen LogP contribution is 2.47. The van der Waals surface area contributed by atoms with Gasteiger partial charge in [0, 0.05) is 24.7 Å². The number of nitro groups is 1. The van der Waals surface area contributed by atoms with Gasteiger partial charge in [-0.2, -0.15) is 5.11 Å². The molecule has 0 radical (unpaired) electrons. The Labute approximate surface area is 158 Å². The van der Waals surface area contributed by atoms with Gasteiger partial charge in [0.25, 0.3) is 5.69 Å². The molecule has 9 heteroatoms. The van der Waals surface area contributed by atoms with Gasteiger partial charge < -0.3 is 10.4 Å². The molecule has 3 rings (SSSR count). The van der Waals surface area contributed by atoms with E-state index in [0.29, 0.717) is 10.7 Å². The summed E-state index contributed by atoms with van der Waals surface area (Å²) < 4.78 is 0. The van der Waals surface area contributed by atoms with Crippen LogP contribution in [0.1, 0.15) is 16.6 Å². The van der Waals surface area contributed by atoms with Gasteiger partial charge in [-0.25, -0.2) is 0 Å². The van der Waals surface area contributed by atoms with Crippen LogP contribution in [0.25, 0.3) is 0 Å². The lowest BCUT2D eigenvalue weighted by Gasteiger charge is -2.03. The number of aromatic hydroxyl groups is 1. The summed E-state index contributed by atoms with van der Waals surface area (Å²) in [6.07, 6.45) is 0. The van der Waals surface area contributed by atoms with Crippen LogP contribution < -0.4 is 5.32 Å². The molecule has 0 bridgehead atoms. The van der Waals surface area contributed by atoms with Crippen LogP contribution in [0.2, 0.25) is 0 Å². The van der Waals surface area contributed by atoms with E-state index in [1.807, 2.05) is 30.3 Å². The molecule has 1 heterocycles. The predicted molar refractivity (Wildman–Crippen MR) is 103 cm³/mol. The van der Waals surface area contributed by atoms with E-state index in [1.165, 1.54) is 31.2 Å². The number of Topliss-reactive ketones (excluding diaryl/α,β-unsaturated/α-hetero) is 1. The van der Waals surface area contributed by atoms with Crippen molar-refractivity contribution < 1.29 is 14.8 Å². The van der Waals surface area contributed by atoms with E-state index in [-0.39, 0.29) is 27.8 Å². The molecule has 0 amide bonds. The molecule has 0 atom stereocenters. The number of para-hydroxylation sites is 1. The molecule has 8 nitrogen and oxygen atoms in total. The van der Waals surface area contributed by atoms with Crippen LogP contribution in [0.4, 0.5) is 27.8 Å². The molecule has 3 aromatic rings. The first-order valence-corrected chi connectivity index (χ1v) is 8.62. The molecular weight excluding hydrogens is 368 g/mol. The van der Waals surface area contributed by atoms with E-state index < -0.39 is 4.92 Å². The summed E-state index contributed by atoms with van der Waals surface area (Å²) in [6.45, 7) is 1.36. The van der Waals surface area contributed by atoms with Crippen molar-refractivity contribution in [2.75, 3.05) is 5.32 Å². The van der Waals surface area contributed by atoms with Crippen molar-refractivity contribution in [3.8, 4) is 5.75 Å². The first kappa shape index (κ1) is 18.2. The molecule has 0 fully saturated rings. The molecular formula is C18H14N4O4S. The molecule has 0 saturated carbocycles. The van der Waals surface area contributed by atoms with E-state index >= 15 is 0 Å². The van der Waals surface area contributed by atoms with Crippen LogP contribution in [-0.4, -0.2) is 15.8 Å². The highest BCUT2D eigenvalue weighted by molar-refractivity contribution is 7.19. The third kappa shape index (κ3) is 4.15. The second-order valence-corrected chi connectivity index (χ2v) is 6.50. The Hall–Kier alpha value is -3.59. The van der Waals surface area contributed by atoms with E-state index in [2.05, 4.69) is 15.5 Å². The first-order valence-electron chi connectivity index (χ1n) is 7.80. The van der Waals surface area contributed by atoms with Gasteiger partial charge >= 0.3 is 0 Å². The van der Waals surface area contributed by atoms with Crippen LogP contribution in [0.15, 0.2) is 64.8 Å². The van der Waals surface area contributed by atoms with E-state index in [0.717, 1.165) is 17.0 Å². The highest BCUT2D eigenvalue weighted by atomic mass is 32.1. The fraction of sp³-hybridized carbons (Fsp3) is 0.0556. The zero-order chi connectivity index (χ0) is 19.4. The summed E-state index contributed by atoms with van der Waals surface area (Å²) in [6, 6.07) is 14.7. The normalized spacial score (nSPS) is 10.9. The van der Waals surface area contributed by atoms with Crippen molar-refractivity contribution in [3.63, 3.8) is 0 Å². The van der Waals surface area contributed by atoms with Crippen LogP contribution in [0.5, 0.6) is 5.75 Å². The molecule has 0 aliphatic rings. The van der Waals surface area contributed by atoms with E-state index in [4.69, 9.17) is 0 Å². The van der Waals surface area contributed by atoms with Gasteiger partial charge in [0.1, 0.15) is 9.88 Å². The number of thiophene rings is 1. The Bertz CT molecular complexity index is 1010. The lowest BCUT2D eigenvalue weighted by molar-refractivity contribution is -0.384. The maximum Gasteiger partial charge on any atom is 0.269 e. The van der Waals surface area contributed by atoms with Crippen LogP contribution >= 0.6 is 11.3 Å². The van der Waals surface area contributed by atoms with E-state index in [1.54, 1.807) is 0 Å². The summed E-state index contributed by atoms with van der Waals surface area (Å²) in [5.41, 5.74) is 1.21. The molecule has 0 spiro atoms. The minimum absolute atomic E-state index is 0.0578. The van der Waals surface area contributed by atoms with Gasteiger partial charge in [0.05, 0.1) is 10.6 Å². The summed E-state index contributed by atoms with van der Waals surface area (Å²) in [5, 5.41) is 32.7. The van der Waals surface area contributed by atoms with Crippen molar-refractivity contribution >= 4 is 44.9 Å². The number of nitro benzene ring substituents is 1. The smallest absolute Gasteiger partial charge is 0.269 e. The highest BCUT2D eigenvalue weighted by Gasteiger charge is 2.21. The number of hydrogen-bond donors (Lipinski definition) is 2. The van der Waals surface area contributed by atoms with Crippen molar-refractivity contribution in [1.82, 2.24) is 0 Å². The third-order valence-electron chi connectivity index (χ3n) is 3.54. The topological polar surface area (TPSA) is 117 Å². The van der Waals surface area contributed by atoms with E-state index in [9.17, 15) is 20.0 Å². The summed E-state index contributed by atoms with van der Waals surface area (Å²) >= 11 is 1.08. The number of benzene rings is 2. The van der Waals surface area contributed by atoms with Gasteiger partial charge in [0.15, 0.2) is 17.2 Å². The number of ketones is 1. The SMILES string of the molecule is CC(=O)c1sc(Nc2ccccc2)c(N=Nc2ccc([N+](=O)[O-])cc2)c1O. The largest absolute Gasteiger partial charge is 0.504 e. The summed E-state index contributed by atoms with van der Waals surface area (Å²) in [7, 11) is 0. The standard InChI is InChI=1S/C18H14N4O4S/c1-11(23)17-16(24)15(18(27-17)19-12-5-3-2-4-6-12)21-20-13-7-9-14(10-8-13)22(25)26/h2-10,19,24H,1H3. The Morgan fingerprint density at radius 3 is 2.37 bits per heavy atom. The maximum absolute atomic E-state index is 11.7. The number of carbonyl (C=O) groups is 1. The number of nitrogens with zero attached hydrogens (tertiary/aromatic N) is 3. The van der Waals surface area contributed by atoms with Crippen molar-refractivity contribution in [1.29, 1.82) is 0 Å². The maximum atomic E-state index is 11.7. The Morgan fingerprint density at radius 2 is 1.78 bits per heavy atom. The monoisotopic (exact) mass is 382 g/mol. The summed E-state index contributed by atoms with van der Waals surface area (Å²) in [4.78, 5) is 22.1. The molecule has 0 aliphatic heterocycles. The van der Waals surface area contributed by atoms with Gasteiger partial charge in [-0.3, -0.25) is 14.9 Å². The lowest BCUT2D eigenvalue weighted by atomic mass is 10.3. The zero-order valence-corrected chi connectivity index (χ0v) is 14.9. The van der Waals surface area contributed by atoms with Gasteiger partial charge in [-0.1, -0.05) is 18.2 Å². The zero-order valence-electron chi connectivity index (χ0n) is 14.1. The van der Waals surface area contributed by atoms with Gasteiger partial charge in [0.2, 0.25) is 0 Å². The Balaban J connectivity index is 1.95. The van der Waals surface area contributed by atoms with Crippen molar-refractivity contribution in [2.45, 2.75) is 6.92 Å². The predicted octanol–water partition coefficient (Wildman–Crippen LogP) is 5.72. The third-order valence-corrected chi connectivity index (χ3v) is 4.72. The average molecular weight is 382 g/mol. The summed E-state index contributed by atoms with van der Waals surface area (Å²) in [5.74, 6) is -0.540. The average Bonchev–Trinajstić information content (AvgIpc) is 2.97. The second kappa shape index (κ2) is 7.75. The van der Waals surface area contributed by atoms with Crippen molar-refractivity contribution in [2.24, 2.45) is 10.2 Å². The van der Waals surface area contributed by atoms with Gasteiger partial charge in [-0.15, -0.1) is 16.5 Å². The molecule has 0 aliphatic carbocycles. The fourth-order valence-electron chi connectivity index (χ4n) is 2.23. The Morgan fingerprint density at radius 1 is 1.11 bits per heavy atom. The minimum Gasteiger partial charge on any atom is -0.504 e. The quantitative estimate of drug-likeness (QED) is 0.244. The first-order chi connectivity index (χ1) is 13.0. The second-order valence-electron chi connectivity index (χ2n) is 5.48. The number of azo groups is 1. The number of hydrogen-bond acceptors (Lipinski definition) is 8. The van der Waals surface area contributed by atoms with Crippen LogP contribution in [-0.2, 0) is 0 Å². The molecule has 2 N–H and O–H groups in total. The lowest BCUT2D eigenvalue weighted by Crippen LogP contribution is -1.86. The number of carbonyl (C=O) groups excluding carboxylic acids is 1. The number of anilines is 2. The van der Waals surface area contributed by atoms with Gasteiger partial charge in [-0.05, 0) is 24.3 Å². The Kier molecular flexibility index (Phi) is 5.23.